The number of nitrogens with one attached hydrogen (secondary N) is 1. The van der Waals surface area contributed by atoms with E-state index in [0.717, 1.165) is 0 Å². The molecule has 16 heavy (non-hydrogen) atoms. The maximum atomic E-state index is 12.5. The third-order valence-corrected chi connectivity index (χ3v) is 2.43. The number of hydrogen-bond donors (Lipinski definition) is 1. The van der Waals surface area contributed by atoms with Crippen molar-refractivity contribution >= 4 is 5.91 Å². The van der Waals surface area contributed by atoms with Gasteiger partial charge in [0.15, 0.2) is 0 Å². The van der Waals surface area contributed by atoms with Crippen LogP contribution in [0, 0.1) is 5.95 Å². The molecule has 1 heterocycles. The standard InChI is InChI=1S/C11H16FN3O/c1-8(15(2)3)6-14-11(16)9-4-5-10(12)13-7-9/h4-5,7-8H,6H2,1-3H3,(H,14,16). The van der Waals surface area contributed by atoms with Gasteiger partial charge in [0.2, 0.25) is 5.95 Å². The summed E-state index contributed by atoms with van der Waals surface area (Å²) in [6, 6.07) is 2.83. The molecular formula is C11H16FN3O. The maximum Gasteiger partial charge on any atom is 0.252 e. The molecule has 1 amide bonds. The first kappa shape index (κ1) is 12.6. The zero-order valence-corrected chi connectivity index (χ0v) is 9.70. The molecule has 0 fully saturated rings. The van der Waals surface area contributed by atoms with Crippen LogP contribution < -0.4 is 5.32 Å². The molecule has 1 N–H and O–H groups in total. The van der Waals surface area contributed by atoms with Crippen molar-refractivity contribution in [2.75, 3.05) is 20.6 Å². The molecular weight excluding hydrogens is 209 g/mol. The Morgan fingerprint density at radius 1 is 1.56 bits per heavy atom. The van der Waals surface area contributed by atoms with E-state index in [1.165, 1.54) is 18.3 Å². The average Bonchev–Trinajstić information content (AvgIpc) is 2.26. The number of likely N-dealkylation sites (N-methyl/N-ethyl adjacent to an activating group) is 1. The van der Waals surface area contributed by atoms with Gasteiger partial charge in [-0.3, -0.25) is 4.79 Å². The molecule has 1 atom stereocenters. The molecule has 1 aromatic rings. The van der Waals surface area contributed by atoms with Gasteiger partial charge >= 0.3 is 0 Å². The van der Waals surface area contributed by atoms with E-state index in [1.807, 2.05) is 25.9 Å². The lowest BCUT2D eigenvalue weighted by atomic mass is 10.2. The van der Waals surface area contributed by atoms with Crippen LogP contribution in [0.5, 0.6) is 0 Å². The summed E-state index contributed by atoms with van der Waals surface area (Å²) < 4.78 is 12.5. The lowest BCUT2D eigenvalue weighted by molar-refractivity contribution is 0.0943. The van der Waals surface area contributed by atoms with Crippen molar-refractivity contribution in [3.63, 3.8) is 0 Å². The highest BCUT2D eigenvalue weighted by atomic mass is 19.1. The zero-order chi connectivity index (χ0) is 12.1. The van der Waals surface area contributed by atoms with Crippen molar-refractivity contribution in [3.05, 3.63) is 29.8 Å². The van der Waals surface area contributed by atoms with Crippen molar-refractivity contribution in [2.24, 2.45) is 0 Å². The normalized spacial score (nSPS) is 12.6. The molecule has 1 unspecified atom stereocenters. The van der Waals surface area contributed by atoms with Crippen LogP contribution >= 0.6 is 0 Å². The van der Waals surface area contributed by atoms with E-state index >= 15 is 0 Å². The Bertz CT molecular complexity index is 351. The Morgan fingerprint density at radius 2 is 2.25 bits per heavy atom. The first-order valence-corrected chi connectivity index (χ1v) is 5.07. The smallest absolute Gasteiger partial charge is 0.252 e. The molecule has 0 aromatic carbocycles. The van der Waals surface area contributed by atoms with Gasteiger partial charge in [-0.2, -0.15) is 4.39 Å². The summed E-state index contributed by atoms with van der Waals surface area (Å²) in [5.41, 5.74) is 0.368. The molecule has 0 aliphatic rings. The monoisotopic (exact) mass is 225 g/mol. The minimum atomic E-state index is -0.585. The van der Waals surface area contributed by atoms with Gasteiger partial charge in [0.05, 0.1) is 5.56 Å². The number of nitrogens with zero attached hydrogens (tertiary/aromatic N) is 2. The molecule has 4 nitrogen and oxygen atoms in total. The van der Waals surface area contributed by atoms with Crippen LogP contribution in [0.2, 0.25) is 0 Å². The van der Waals surface area contributed by atoms with Crippen LogP contribution in [0.25, 0.3) is 0 Å². The first-order valence-electron chi connectivity index (χ1n) is 5.07. The van der Waals surface area contributed by atoms with Crippen molar-refractivity contribution in [3.8, 4) is 0 Å². The third kappa shape index (κ3) is 3.58. The van der Waals surface area contributed by atoms with E-state index in [-0.39, 0.29) is 11.9 Å². The zero-order valence-electron chi connectivity index (χ0n) is 9.70. The number of aromatic nitrogens is 1. The summed E-state index contributed by atoms with van der Waals surface area (Å²) >= 11 is 0. The summed E-state index contributed by atoms with van der Waals surface area (Å²) in [5.74, 6) is -0.820. The van der Waals surface area contributed by atoms with Crippen LogP contribution in [-0.2, 0) is 0 Å². The molecule has 0 bridgehead atoms. The largest absolute Gasteiger partial charge is 0.350 e. The number of pyridine rings is 1. The van der Waals surface area contributed by atoms with Crippen molar-refractivity contribution in [2.45, 2.75) is 13.0 Å². The number of amides is 1. The molecule has 0 aliphatic heterocycles. The van der Waals surface area contributed by atoms with Crippen LogP contribution in [-0.4, -0.2) is 42.5 Å². The predicted molar refractivity (Wildman–Crippen MR) is 59.7 cm³/mol. The number of halogens is 1. The topological polar surface area (TPSA) is 45.2 Å². The van der Waals surface area contributed by atoms with E-state index in [2.05, 4.69) is 10.3 Å². The number of rotatable bonds is 4. The summed E-state index contributed by atoms with van der Waals surface area (Å²) in [4.78, 5) is 17.0. The van der Waals surface area contributed by atoms with E-state index in [1.54, 1.807) is 0 Å². The second-order valence-corrected chi connectivity index (χ2v) is 3.89. The molecule has 0 aliphatic carbocycles. The van der Waals surface area contributed by atoms with Crippen molar-refractivity contribution in [1.29, 1.82) is 0 Å². The lowest BCUT2D eigenvalue weighted by Crippen LogP contribution is -2.38. The van der Waals surface area contributed by atoms with Gasteiger partial charge in [-0.05, 0) is 33.2 Å². The quantitative estimate of drug-likeness (QED) is 0.774. The molecule has 1 rings (SSSR count). The highest BCUT2D eigenvalue weighted by Crippen LogP contribution is 1.99. The average molecular weight is 225 g/mol. The predicted octanol–water partition coefficient (Wildman–Crippen LogP) is 0.901. The molecule has 0 radical (unpaired) electrons. The van der Waals surface area contributed by atoms with Gasteiger partial charge in [-0.15, -0.1) is 0 Å². The highest BCUT2D eigenvalue weighted by molar-refractivity contribution is 5.93. The number of hydrogen-bond acceptors (Lipinski definition) is 3. The van der Waals surface area contributed by atoms with Crippen LogP contribution in [0.15, 0.2) is 18.3 Å². The molecule has 5 heteroatoms. The van der Waals surface area contributed by atoms with E-state index in [0.29, 0.717) is 12.1 Å². The Morgan fingerprint density at radius 3 is 2.75 bits per heavy atom. The molecule has 0 spiro atoms. The minimum absolute atomic E-state index is 0.235. The van der Waals surface area contributed by atoms with Crippen LogP contribution in [0.1, 0.15) is 17.3 Å². The van der Waals surface area contributed by atoms with Crippen LogP contribution in [0.3, 0.4) is 0 Å². The van der Waals surface area contributed by atoms with Gasteiger partial charge in [0.1, 0.15) is 0 Å². The third-order valence-electron chi connectivity index (χ3n) is 2.43. The van der Waals surface area contributed by atoms with Gasteiger partial charge in [-0.1, -0.05) is 0 Å². The van der Waals surface area contributed by atoms with Crippen molar-refractivity contribution in [1.82, 2.24) is 15.2 Å². The second-order valence-electron chi connectivity index (χ2n) is 3.89. The number of carbonyl (C=O) groups is 1. The van der Waals surface area contributed by atoms with Gasteiger partial charge in [-0.25, -0.2) is 4.98 Å². The Hall–Kier alpha value is -1.49. The molecule has 1 aromatic heterocycles. The minimum Gasteiger partial charge on any atom is -0.350 e. The van der Waals surface area contributed by atoms with Crippen LogP contribution in [0.4, 0.5) is 4.39 Å². The Kier molecular flexibility index (Phi) is 4.37. The van der Waals surface area contributed by atoms with Gasteiger partial charge in [0, 0.05) is 18.8 Å². The maximum absolute atomic E-state index is 12.5. The molecule has 0 saturated heterocycles. The highest BCUT2D eigenvalue weighted by Gasteiger charge is 2.09. The first-order chi connectivity index (χ1) is 7.50. The molecule has 88 valence electrons. The fraction of sp³-hybridized carbons (Fsp3) is 0.455. The van der Waals surface area contributed by atoms with E-state index in [9.17, 15) is 9.18 Å². The number of carbonyl (C=O) groups excluding carboxylic acids is 1. The SMILES string of the molecule is CC(CNC(=O)c1ccc(F)nc1)N(C)C. The summed E-state index contributed by atoms with van der Waals surface area (Å²) in [5, 5.41) is 2.76. The van der Waals surface area contributed by atoms with Gasteiger partial charge < -0.3 is 10.2 Å². The Balaban J connectivity index is 2.50. The summed E-state index contributed by atoms with van der Waals surface area (Å²) in [7, 11) is 3.88. The fourth-order valence-electron chi connectivity index (χ4n) is 1.04. The molecule has 0 saturated carbocycles. The summed E-state index contributed by atoms with van der Waals surface area (Å²) in [6.45, 7) is 2.55. The van der Waals surface area contributed by atoms with E-state index < -0.39 is 5.95 Å². The lowest BCUT2D eigenvalue weighted by Gasteiger charge is -2.19. The van der Waals surface area contributed by atoms with E-state index in [4.69, 9.17) is 0 Å². The second kappa shape index (κ2) is 5.55. The Labute approximate surface area is 94.5 Å². The van der Waals surface area contributed by atoms with Gasteiger partial charge in [0.25, 0.3) is 5.91 Å². The summed E-state index contributed by atoms with van der Waals surface area (Å²) in [6.07, 6.45) is 1.23. The fourth-order valence-corrected chi connectivity index (χ4v) is 1.04. The van der Waals surface area contributed by atoms with Crippen molar-refractivity contribution < 1.29 is 9.18 Å².